The van der Waals surface area contributed by atoms with Crippen molar-refractivity contribution in [3.05, 3.63) is 76.3 Å². The van der Waals surface area contributed by atoms with Gasteiger partial charge in [-0.05, 0) is 68.0 Å². The zero-order chi connectivity index (χ0) is 24.4. The molecule has 1 aromatic carbocycles. The molecule has 1 saturated heterocycles. The van der Waals surface area contributed by atoms with E-state index in [1.165, 1.54) is 7.11 Å². The number of nitrogens with zero attached hydrogens (tertiary/aromatic N) is 3. The number of esters is 1. The number of hydrogen-bond acceptors (Lipinski definition) is 5. The Morgan fingerprint density at radius 1 is 1.21 bits per heavy atom. The number of nitrogens with one attached hydrogen (secondary N) is 1. The molecular formula is C25H27ClN4O3S. The topological polar surface area (TPSA) is 68.6 Å². The number of methoxy groups -OCH3 is 2. The number of pyridine rings is 1. The lowest BCUT2D eigenvalue weighted by Crippen LogP contribution is -2.32. The molecule has 34 heavy (non-hydrogen) atoms. The molecule has 3 aromatic rings. The van der Waals surface area contributed by atoms with Gasteiger partial charge in [0.2, 0.25) is 0 Å². The highest BCUT2D eigenvalue weighted by atomic mass is 35.5. The van der Waals surface area contributed by atoms with Crippen LogP contribution >= 0.6 is 23.8 Å². The van der Waals surface area contributed by atoms with Crippen molar-refractivity contribution < 1.29 is 14.3 Å². The van der Waals surface area contributed by atoms with Gasteiger partial charge in [0.1, 0.15) is 5.75 Å². The van der Waals surface area contributed by atoms with Crippen molar-refractivity contribution in [3.63, 3.8) is 0 Å². The molecule has 178 valence electrons. The lowest BCUT2D eigenvalue weighted by Gasteiger charge is -2.28. The van der Waals surface area contributed by atoms with Crippen LogP contribution in [0.3, 0.4) is 0 Å². The Kier molecular flexibility index (Phi) is 7.09. The van der Waals surface area contributed by atoms with Crippen LogP contribution in [0.1, 0.15) is 41.1 Å². The standard InChI is InChI=1S/C25H27ClN4O3S/c1-15-13-18(16(2)30(15)20-14-17(26)8-9-21(20)32-3)24-23(19-7-5-6-11-27-19)28-25(34)29(24)12-10-22(31)33-4/h5-9,11,13-14,23-24H,10,12H2,1-4H3,(H,28,34)/t23-,24+/m0/s1. The van der Waals surface area contributed by atoms with Crippen molar-refractivity contribution in [2.75, 3.05) is 20.8 Å². The predicted molar refractivity (Wildman–Crippen MR) is 136 cm³/mol. The minimum absolute atomic E-state index is 0.169. The fraction of sp³-hybridized carbons (Fsp3) is 0.320. The molecule has 0 unspecified atom stereocenters. The van der Waals surface area contributed by atoms with E-state index < -0.39 is 0 Å². The van der Waals surface area contributed by atoms with Crippen LogP contribution in [0.25, 0.3) is 5.69 Å². The summed E-state index contributed by atoms with van der Waals surface area (Å²) in [6.07, 6.45) is 2.00. The summed E-state index contributed by atoms with van der Waals surface area (Å²) in [7, 11) is 3.04. The molecule has 1 N–H and O–H groups in total. The highest BCUT2D eigenvalue weighted by Gasteiger charge is 2.41. The predicted octanol–water partition coefficient (Wildman–Crippen LogP) is 4.69. The number of aryl methyl sites for hydroxylation is 1. The number of hydrogen-bond donors (Lipinski definition) is 1. The van der Waals surface area contributed by atoms with Crippen molar-refractivity contribution in [1.29, 1.82) is 0 Å². The quantitative estimate of drug-likeness (QED) is 0.374. The second-order valence-corrected chi connectivity index (χ2v) is 8.95. The molecule has 0 spiro atoms. The summed E-state index contributed by atoms with van der Waals surface area (Å²) in [5, 5.41) is 4.63. The number of rotatable bonds is 7. The van der Waals surface area contributed by atoms with Crippen LogP contribution < -0.4 is 10.1 Å². The molecule has 0 aliphatic carbocycles. The van der Waals surface area contributed by atoms with E-state index in [9.17, 15) is 4.79 Å². The Labute approximate surface area is 209 Å². The Morgan fingerprint density at radius 2 is 2.00 bits per heavy atom. The number of halogens is 1. The van der Waals surface area contributed by atoms with Crippen molar-refractivity contribution in [1.82, 2.24) is 19.8 Å². The first-order chi connectivity index (χ1) is 16.3. The summed E-state index contributed by atoms with van der Waals surface area (Å²) in [4.78, 5) is 18.6. The van der Waals surface area contributed by atoms with Crippen molar-refractivity contribution in [2.45, 2.75) is 32.4 Å². The average Bonchev–Trinajstić information content (AvgIpc) is 3.32. The van der Waals surface area contributed by atoms with Crippen LogP contribution in [0.4, 0.5) is 0 Å². The molecule has 0 amide bonds. The number of thiocarbonyl (C=S) groups is 1. The van der Waals surface area contributed by atoms with Crippen LogP contribution in [0.2, 0.25) is 5.02 Å². The molecule has 2 atom stereocenters. The SMILES string of the molecule is COC(=O)CCN1C(=S)N[C@@H](c2ccccn2)[C@H]1c1cc(C)n(-c2cc(Cl)ccc2OC)c1C. The van der Waals surface area contributed by atoms with Crippen LogP contribution in [0.15, 0.2) is 48.7 Å². The average molecular weight is 499 g/mol. The third-order valence-electron chi connectivity index (χ3n) is 6.15. The first-order valence-electron chi connectivity index (χ1n) is 10.9. The third kappa shape index (κ3) is 4.48. The van der Waals surface area contributed by atoms with Crippen LogP contribution in [0, 0.1) is 13.8 Å². The fourth-order valence-electron chi connectivity index (χ4n) is 4.59. The molecule has 1 aliphatic rings. The molecule has 3 heterocycles. The number of benzene rings is 1. The van der Waals surface area contributed by atoms with Gasteiger partial charge in [-0.25, -0.2) is 0 Å². The van der Waals surface area contributed by atoms with Gasteiger partial charge in [0.15, 0.2) is 5.11 Å². The highest BCUT2D eigenvalue weighted by molar-refractivity contribution is 7.80. The lowest BCUT2D eigenvalue weighted by molar-refractivity contribution is -0.140. The van der Waals surface area contributed by atoms with E-state index in [-0.39, 0.29) is 24.5 Å². The highest BCUT2D eigenvalue weighted by Crippen LogP contribution is 2.42. The summed E-state index contributed by atoms with van der Waals surface area (Å²) in [5.41, 5.74) is 4.87. The monoisotopic (exact) mass is 498 g/mol. The van der Waals surface area contributed by atoms with Crippen LogP contribution in [-0.4, -0.2) is 46.3 Å². The maximum absolute atomic E-state index is 11.9. The molecule has 0 radical (unpaired) electrons. The van der Waals surface area contributed by atoms with E-state index in [4.69, 9.17) is 33.3 Å². The van der Waals surface area contributed by atoms with Crippen molar-refractivity contribution in [3.8, 4) is 11.4 Å². The van der Waals surface area contributed by atoms with E-state index in [1.54, 1.807) is 13.3 Å². The van der Waals surface area contributed by atoms with Crippen molar-refractivity contribution in [2.24, 2.45) is 0 Å². The van der Waals surface area contributed by atoms with Crippen LogP contribution in [0.5, 0.6) is 5.75 Å². The van der Waals surface area contributed by atoms with E-state index >= 15 is 0 Å². The van der Waals surface area contributed by atoms with Crippen molar-refractivity contribution >= 4 is 34.9 Å². The number of carbonyl (C=O) groups is 1. The Hall–Kier alpha value is -3.10. The zero-order valence-corrected chi connectivity index (χ0v) is 21.1. The molecule has 1 fully saturated rings. The van der Waals surface area contributed by atoms with Gasteiger partial charge < -0.3 is 24.3 Å². The molecule has 1 aliphatic heterocycles. The first-order valence-corrected chi connectivity index (χ1v) is 11.7. The Bertz CT molecular complexity index is 1210. The van der Waals surface area contributed by atoms with Gasteiger partial charge >= 0.3 is 5.97 Å². The summed E-state index contributed by atoms with van der Waals surface area (Å²) < 4.78 is 12.6. The smallest absolute Gasteiger partial charge is 0.307 e. The van der Waals surface area contributed by atoms with Gasteiger partial charge in [0, 0.05) is 29.2 Å². The summed E-state index contributed by atoms with van der Waals surface area (Å²) in [5.74, 6) is 0.443. The van der Waals surface area contributed by atoms with E-state index in [1.807, 2.05) is 48.2 Å². The fourth-order valence-corrected chi connectivity index (χ4v) is 5.09. The van der Waals surface area contributed by atoms with Gasteiger partial charge in [-0.15, -0.1) is 0 Å². The minimum atomic E-state index is -0.281. The molecule has 0 bridgehead atoms. The molecule has 4 rings (SSSR count). The number of aromatic nitrogens is 2. The Balaban J connectivity index is 1.83. The normalized spacial score (nSPS) is 17.6. The largest absolute Gasteiger partial charge is 0.495 e. The zero-order valence-electron chi connectivity index (χ0n) is 19.5. The van der Waals surface area contributed by atoms with Gasteiger partial charge in [-0.3, -0.25) is 9.78 Å². The van der Waals surface area contributed by atoms with Gasteiger partial charge in [-0.2, -0.15) is 0 Å². The van der Waals surface area contributed by atoms with Crippen LogP contribution in [-0.2, 0) is 9.53 Å². The first kappa shape index (κ1) is 24.0. The molecular weight excluding hydrogens is 472 g/mol. The summed E-state index contributed by atoms with van der Waals surface area (Å²) in [6.45, 7) is 4.54. The third-order valence-corrected chi connectivity index (χ3v) is 6.74. The minimum Gasteiger partial charge on any atom is -0.495 e. The van der Waals surface area contributed by atoms with Gasteiger partial charge in [-0.1, -0.05) is 17.7 Å². The van der Waals surface area contributed by atoms with Gasteiger partial charge in [0.05, 0.1) is 44.1 Å². The molecule has 7 nitrogen and oxygen atoms in total. The Morgan fingerprint density at radius 3 is 2.68 bits per heavy atom. The van der Waals surface area contributed by atoms with E-state index in [0.717, 1.165) is 34.1 Å². The second-order valence-electron chi connectivity index (χ2n) is 8.12. The van der Waals surface area contributed by atoms with Gasteiger partial charge in [0.25, 0.3) is 0 Å². The maximum Gasteiger partial charge on any atom is 0.307 e. The number of ether oxygens (including phenoxy) is 2. The molecule has 0 saturated carbocycles. The van der Waals surface area contributed by atoms with E-state index in [0.29, 0.717) is 16.7 Å². The molecule has 2 aromatic heterocycles. The molecule has 9 heteroatoms. The lowest BCUT2D eigenvalue weighted by atomic mass is 9.96. The van der Waals surface area contributed by atoms with E-state index in [2.05, 4.69) is 27.9 Å². The number of carbonyl (C=O) groups excluding carboxylic acids is 1. The second kappa shape index (κ2) is 10.0. The maximum atomic E-state index is 11.9. The summed E-state index contributed by atoms with van der Waals surface area (Å²) in [6, 6.07) is 13.2. The summed E-state index contributed by atoms with van der Waals surface area (Å²) >= 11 is 12.0.